The van der Waals surface area contributed by atoms with Gasteiger partial charge in [-0.3, -0.25) is 4.79 Å². The van der Waals surface area contributed by atoms with Crippen LogP contribution in [-0.4, -0.2) is 17.4 Å². The standard InChI is InChI=1S/C18H17FN2O3/c19-14-5-3-13(4-6-14)18-21-15(12-24-18)9-10-20-17(22)8-7-16-2-1-11-23-16/h1-6,11-12H,7-10H2,(H,20,22). The first-order valence-corrected chi connectivity index (χ1v) is 7.70. The van der Waals surface area contributed by atoms with Gasteiger partial charge in [-0.1, -0.05) is 0 Å². The molecule has 0 aliphatic rings. The van der Waals surface area contributed by atoms with Gasteiger partial charge in [-0.2, -0.15) is 0 Å². The van der Waals surface area contributed by atoms with Crippen molar-refractivity contribution in [3.63, 3.8) is 0 Å². The zero-order valence-corrected chi connectivity index (χ0v) is 13.0. The van der Waals surface area contributed by atoms with Crippen LogP contribution in [0.1, 0.15) is 17.9 Å². The summed E-state index contributed by atoms with van der Waals surface area (Å²) in [5.74, 6) is 0.899. The number of nitrogens with zero attached hydrogens (tertiary/aromatic N) is 1. The molecular weight excluding hydrogens is 311 g/mol. The quantitative estimate of drug-likeness (QED) is 0.722. The Kier molecular flexibility index (Phi) is 5.05. The third-order valence-electron chi connectivity index (χ3n) is 3.52. The number of hydrogen-bond donors (Lipinski definition) is 1. The van der Waals surface area contributed by atoms with Crippen LogP contribution < -0.4 is 5.32 Å². The predicted molar refractivity (Wildman–Crippen MR) is 85.6 cm³/mol. The second kappa shape index (κ2) is 7.59. The maximum atomic E-state index is 12.9. The van der Waals surface area contributed by atoms with Crippen LogP contribution in [0.4, 0.5) is 4.39 Å². The number of halogens is 1. The van der Waals surface area contributed by atoms with E-state index >= 15 is 0 Å². The van der Waals surface area contributed by atoms with Gasteiger partial charge in [0, 0.05) is 31.4 Å². The van der Waals surface area contributed by atoms with Crippen LogP contribution in [0.25, 0.3) is 11.5 Å². The Morgan fingerprint density at radius 2 is 1.96 bits per heavy atom. The Morgan fingerprint density at radius 1 is 1.12 bits per heavy atom. The molecule has 1 aromatic carbocycles. The van der Waals surface area contributed by atoms with E-state index < -0.39 is 0 Å². The lowest BCUT2D eigenvalue weighted by atomic mass is 10.2. The molecule has 0 unspecified atom stereocenters. The Labute approximate surface area is 138 Å². The molecule has 2 aromatic heterocycles. The molecule has 24 heavy (non-hydrogen) atoms. The van der Waals surface area contributed by atoms with Crippen molar-refractivity contribution in [3.8, 4) is 11.5 Å². The molecule has 0 fully saturated rings. The van der Waals surface area contributed by atoms with E-state index in [1.165, 1.54) is 12.1 Å². The highest BCUT2D eigenvalue weighted by Gasteiger charge is 2.08. The number of nitrogens with one attached hydrogen (secondary N) is 1. The lowest BCUT2D eigenvalue weighted by Gasteiger charge is -2.02. The minimum atomic E-state index is -0.303. The molecule has 0 saturated carbocycles. The maximum Gasteiger partial charge on any atom is 0.226 e. The van der Waals surface area contributed by atoms with Gasteiger partial charge in [0.15, 0.2) is 0 Å². The first kappa shape index (κ1) is 16.0. The van der Waals surface area contributed by atoms with E-state index in [1.807, 2.05) is 6.07 Å². The van der Waals surface area contributed by atoms with Gasteiger partial charge in [0.25, 0.3) is 0 Å². The smallest absolute Gasteiger partial charge is 0.226 e. The van der Waals surface area contributed by atoms with Gasteiger partial charge in [-0.25, -0.2) is 9.37 Å². The Hall–Kier alpha value is -2.89. The molecule has 124 valence electrons. The zero-order chi connectivity index (χ0) is 16.8. The van der Waals surface area contributed by atoms with Crippen molar-refractivity contribution in [2.45, 2.75) is 19.3 Å². The fourth-order valence-corrected chi connectivity index (χ4v) is 2.26. The molecule has 0 aliphatic heterocycles. The Balaban J connectivity index is 1.43. The molecule has 3 rings (SSSR count). The van der Waals surface area contributed by atoms with Crippen molar-refractivity contribution in [2.24, 2.45) is 0 Å². The minimum Gasteiger partial charge on any atom is -0.469 e. The van der Waals surface area contributed by atoms with Gasteiger partial charge in [0.1, 0.15) is 17.8 Å². The molecule has 0 spiro atoms. The molecule has 2 heterocycles. The molecule has 1 amide bonds. The molecule has 1 N–H and O–H groups in total. The van der Waals surface area contributed by atoms with Crippen molar-refractivity contribution in [1.82, 2.24) is 10.3 Å². The summed E-state index contributed by atoms with van der Waals surface area (Å²) < 4.78 is 23.5. The average Bonchev–Trinajstić information content (AvgIpc) is 3.25. The van der Waals surface area contributed by atoms with E-state index in [1.54, 1.807) is 30.7 Å². The normalized spacial score (nSPS) is 10.7. The zero-order valence-electron chi connectivity index (χ0n) is 13.0. The van der Waals surface area contributed by atoms with Crippen molar-refractivity contribution in [1.29, 1.82) is 0 Å². The van der Waals surface area contributed by atoms with Crippen LogP contribution in [0.2, 0.25) is 0 Å². The molecule has 0 radical (unpaired) electrons. The Bertz CT molecular complexity index is 779. The number of benzene rings is 1. The second-order valence-corrected chi connectivity index (χ2v) is 5.33. The second-order valence-electron chi connectivity index (χ2n) is 5.33. The third-order valence-corrected chi connectivity index (χ3v) is 3.52. The van der Waals surface area contributed by atoms with Crippen LogP contribution in [0, 0.1) is 5.82 Å². The SMILES string of the molecule is O=C(CCc1ccco1)NCCc1coc(-c2ccc(F)cc2)n1. The van der Waals surface area contributed by atoms with Crippen LogP contribution in [-0.2, 0) is 17.6 Å². The summed E-state index contributed by atoms with van der Waals surface area (Å²) in [6.07, 6.45) is 4.67. The van der Waals surface area contributed by atoms with Crippen LogP contribution in [0.5, 0.6) is 0 Å². The van der Waals surface area contributed by atoms with Gasteiger partial charge < -0.3 is 14.2 Å². The summed E-state index contributed by atoms with van der Waals surface area (Å²) in [4.78, 5) is 16.1. The van der Waals surface area contributed by atoms with Gasteiger partial charge in [-0.05, 0) is 36.4 Å². The molecule has 0 aliphatic carbocycles. The largest absolute Gasteiger partial charge is 0.469 e. The predicted octanol–water partition coefficient (Wildman–Crippen LogP) is 3.37. The lowest BCUT2D eigenvalue weighted by Crippen LogP contribution is -2.25. The number of aromatic nitrogens is 1. The topological polar surface area (TPSA) is 68.3 Å². The highest BCUT2D eigenvalue weighted by Crippen LogP contribution is 2.18. The molecular formula is C18H17FN2O3. The number of carbonyl (C=O) groups excluding carboxylic acids is 1. The highest BCUT2D eigenvalue weighted by atomic mass is 19.1. The van der Waals surface area contributed by atoms with Crippen molar-refractivity contribution >= 4 is 5.91 Å². The van der Waals surface area contributed by atoms with Crippen LogP contribution >= 0.6 is 0 Å². The van der Waals surface area contributed by atoms with Gasteiger partial charge in [0.2, 0.25) is 11.8 Å². The first-order valence-electron chi connectivity index (χ1n) is 7.70. The van der Waals surface area contributed by atoms with Gasteiger partial charge in [0.05, 0.1) is 12.0 Å². The van der Waals surface area contributed by atoms with Crippen LogP contribution in [0.3, 0.4) is 0 Å². The lowest BCUT2D eigenvalue weighted by molar-refractivity contribution is -0.121. The number of amides is 1. The van der Waals surface area contributed by atoms with E-state index in [0.29, 0.717) is 37.3 Å². The monoisotopic (exact) mass is 328 g/mol. The summed E-state index contributed by atoms with van der Waals surface area (Å²) in [5, 5.41) is 2.84. The number of hydrogen-bond acceptors (Lipinski definition) is 4. The van der Waals surface area contributed by atoms with E-state index in [-0.39, 0.29) is 11.7 Å². The van der Waals surface area contributed by atoms with E-state index in [4.69, 9.17) is 8.83 Å². The number of furan rings is 1. The summed E-state index contributed by atoms with van der Waals surface area (Å²) in [6, 6.07) is 9.59. The Morgan fingerprint density at radius 3 is 2.71 bits per heavy atom. The summed E-state index contributed by atoms with van der Waals surface area (Å²) >= 11 is 0. The fraction of sp³-hybridized carbons (Fsp3) is 0.222. The van der Waals surface area contributed by atoms with Gasteiger partial charge in [-0.15, -0.1) is 0 Å². The molecule has 5 nitrogen and oxygen atoms in total. The number of rotatable bonds is 7. The molecule has 0 atom stereocenters. The third kappa shape index (κ3) is 4.32. The number of aryl methyl sites for hydroxylation is 1. The molecule has 0 bridgehead atoms. The highest BCUT2D eigenvalue weighted by molar-refractivity contribution is 5.76. The maximum absolute atomic E-state index is 12.9. The van der Waals surface area contributed by atoms with Crippen LogP contribution in [0.15, 0.2) is 57.8 Å². The van der Waals surface area contributed by atoms with Crippen molar-refractivity contribution < 1.29 is 18.0 Å². The van der Waals surface area contributed by atoms with Crippen molar-refractivity contribution in [2.75, 3.05) is 6.54 Å². The fourth-order valence-electron chi connectivity index (χ4n) is 2.26. The molecule has 6 heteroatoms. The minimum absolute atomic E-state index is 0.0337. The average molecular weight is 328 g/mol. The number of carbonyl (C=O) groups is 1. The molecule has 3 aromatic rings. The van der Waals surface area contributed by atoms with Crippen molar-refractivity contribution in [3.05, 3.63) is 66.2 Å². The summed E-state index contributed by atoms with van der Waals surface area (Å²) in [7, 11) is 0. The first-order chi connectivity index (χ1) is 11.7. The van der Waals surface area contributed by atoms with E-state index in [2.05, 4.69) is 10.3 Å². The van der Waals surface area contributed by atoms with E-state index in [9.17, 15) is 9.18 Å². The summed E-state index contributed by atoms with van der Waals surface area (Å²) in [6.45, 7) is 0.479. The summed E-state index contributed by atoms with van der Waals surface area (Å²) in [5.41, 5.74) is 1.45. The number of oxazole rings is 1. The molecule has 0 saturated heterocycles. The van der Waals surface area contributed by atoms with Gasteiger partial charge >= 0.3 is 0 Å². The van der Waals surface area contributed by atoms with E-state index in [0.717, 1.165) is 11.5 Å².